The molecule has 120 valence electrons. The summed E-state index contributed by atoms with van der Waals surface area (Å²) in [6, 6.07) is 5.71. The first-order valence-corrected chi connectivity index (χ1v) is 8.09. The molecule has 0 N–H and O–H groups in total. The lowest BCUT2D eigenvalue weighted by molar-refractivity contribution is 0.0993. The molecule has 0 bridgehead atoms. The summed E-state index contributed by atoms with van der Waals surface area (Å²) in [5.74, 6) is 2.91. The second-order valence-corrected chi connectivity index (χ2v) is 5.75. The summed E-state index contributed by atoms with van der Waals surface area (Å²) in [7, 11) is 0. The third kappa shape index (κ3) is 3.19. The predicted octanol–water partition coefficient (Wildman–Crippen LogP) is 2.27. The molecule has 2 aromatic heterocycles. The highest BCUT2D eigenvalue weighted by molar-refractivity contribution is 7.16. The molecule has 3 rings (SSSR count). The highest BCUT2D eigenvalue weighted by atomic mass is 32.1. The summed E-state index contributed by atoms with van der Waals surface area (Å²) in [5.41, 5.74) is 1.10. The number of fused-ring (bicyclic) bond motifs is 1. The van der Waals surface area contributed by atoms with Gasteiger partial charge in [0.2, 0.25) is 0 Å². The number of amides is 1. The molecule has 24 heavy (non-hydrogen) atoms. The molecular formula is C17H14N4O2S. The first kappa shape index (κ1) is 15.9. The van der Waals surface area contributed by atoms with Crippen LogP contribution in [0.15, 0.2) is 41.8 Å². The second-order valence-electron chi connectivity index (χ2n) is 4.75. The second kappa shape index (κ2) is 7.06. The minimum absolute atomic E-state index is 0.192. The van der Waals surface area contributed by atoms with Crippen molar-refractivity contribution < 1.29 is 9.53 Å². The van der Waals surface area contributed by atoms with Gasteiger partial charge in [-0.05, 0) is 25.1 Å². The first-order chi connectivity index (χ1) is 11.7. The maximum Gasteiger partial charge on any atom is 0.299 e. The lowest BCUT2D eigenvalue weighted by Gasteiger charge is -2.03. The van der Waals surface area contributed by atoms with Crippen LogP contribution in [0.1, 0.15) is 17.4 Å². The number of aromatic nitrogens is 3. The molecule has 3 aromatic rings. The van der Waals surface area contributed by atoms with Gasteiger partial charge in [0.1, 0.15) is 11.4 Å². The lowest BCUT2D eigenvalue weighted by Crippen LogP contribution is -2.16. The van der Waals surface area contributed by atoms with Crippen molar-refractivity contribution in [3.63, 3.8) is 0 Å². The van der Waals surface area contributed by atoms with Crippen molar-refractivity contribution in [3.05, 3.63) is 47.3 Å². The highest BCUT2D eigenvalue weighted by Gasteiger charge is 2.10. The van der Waals surface area contributed by atoms with Gasteiger partial charge in [0.05, 0.1) is 29.6 Å². The van der Waals surface area contributed by atoms with Crippen molar-refractivity contribution in [1.82, 2.24) is 14.5 Å². The Morgan fingerprint density at radius 2 is 2.33 bits per heavy atom. The van der Waals surface area contributed by atoms with E-state index >= 15 is 0 Å². The van der Waals surface area contributed by atoms with E-state index in [0.29, 0.717) is 18.0 Å². The molecule has 0 radical (unpaired) electrons. The summed E-state index contributed by atoms with van der Waals surface area (Å²) < 4.78 is 8.28. The van der Waals surface area contributed by atoms with Crippen LogP contribution in [0.3, 0.4) is 0 Å². The van der Waals surface area contributed by atoms with E-state index in [1.54, 1.807) is 0 Å². The van der Waals surface area contributed by atoms with Gasteiger partial charge in [0.25, 0.3) is 5.91 Å². The Hall–Kier alpha value is -2.98. The van der Waals surface area contributed by atoms with Crippen LogP contribution in [0.25, 0.3) is 10.2 Å². The molecule has 7 heteroatoms. The minimum Gasteiger partial charge on any atom is -0.494 e. The van der Waals surface area contributed by atoms with E-state index in [0.717, 1.165) is 16.0 Å². The number of terminal acetylenes is 1. The number of hydrogen-bond donors (Lipinski definition) is 0. The molecule has 2 heterocycles. The molecule has 0 atom stereocenters. The molecule has 1 aromatic carbocycles. The van der Waals surface area contributed by atoms with E-state index in [1.165, 1.54) is 29.9 Å². The van der Waals surface area contributed by atoms with Crippen LogP contribution < -0.4 is 9.54 Å². The maximum atomic E-state index is 12.3. The van der Waals surface area contributed by atoms with Crippen LogP contribution in [-0.4, -0.2) is 27.0 Å². The van der Waals surface area contributed by atoms with Crippen molar-refractivity contribution in [3.8, 4) is 18.1 Å². The van der Waals surface area contributed by atoms with Gasteiger partial charge >= 0.3 is 0 Å². The number of thiazole rings is 1. The van der Waals surface area contributed by atoms with E-state index in [4.69, 9.17) is 11.2 Å². The third-order valence-corrected chi connectivity index (χ3v) is 4.24. The summed E-state index contributed by atoms with van der Waals surface area (Å²) in [5, 5.41) is 0. The zero-order chi connectivity index (χ0) is 16.9. The Bertz CT molecular complexity index is 983. The van der Waals surface area contributed by atoms with Crippen LogP contribution in [-0.2, 0) is 6.54 Å². The van der Waals surface area contributed by atoms with Gasteiger partial charge in [0, 0.05) is 12.4 Å². The Balaban J connectivity index is 2.12. The van der Waals surface area contributed by atoms with Gasteiger partial charge in [-0.3, -0.25) is 9.78 Å². The fourth-order valence-electron chi connectivity index (χ4n) is 2.19. The minimum atomic E-state index is -0.453. The van der Waals surface area contributed by atoms with Crippen molar-refractivity contribution in [2.75, 3.05) is 6.61 Å². The van der Waals surface area contributed by atoms with E-state index in [2.05, 4.69) is 20.9 Å². The number of benzene rings is 1. The Labute approximate surface area is 142 Å². The number of nitrogens with zero attached hydrogens (tertiary/aromatic N) is 4. The molecule has 0 saturated carbocycles. The molecule has 0 aliphatic carbocycles. The first-order valence-electron chi connectivity index (χ1n) is 7.27. The van der Waals surface area contributed by atoms with Crippen LogP contribution in [0.2, 0.25) is 0 Å². The number of carbonyl (C=O) groups is 1. The molecule has 6 nitrogen and oxygen atoms in total. The zero-order valence-corrected chi connectivity index (χ0v) is 13.8. The molecule has 0 aliphatic heterocycles. The van der Waals surface area contributed by atoms with Crippen molar-refractivity contribution >= 4 is 27.5 Å². The Morgan fingerprint density at radius 3 is 3.04 bits per heavy atom. The van der Waals surface area contributed by atoms with Crippen LogP contribution >= 0.6 is 11.3 Å². The molecule has 0 spiro atoms. The van der Waals surface area contributed by atoms with E-state index in [9.17, 15) is 4.79 Å². The topological polar surface area (TPSA) is 69.4 Å². The SMILES string of the molecule is C#CCn1c(=NC(=O)c2cnccn2)sc2cc(OCC)ccc21. The summed E-state index contributed by atoms with van der Waals surface area (Å²) >= 11 is 1.38. The quantitative estimate of drug-likeness (QED) is 0.684. The fourth-order valence-corrected chi connectivity index (χ4v) is 3.25. The van der Waals surface area contributed by atoms with E-state index in [-0.39, 0.29) is 5.69 Å². The number of hydrogen-bond acceptors (Lipinski definition) is 5. The van der Waals surface area contributed by atoms with E-state index < -0.39 is 5.91 Å². The molecular weight excluding hydrogens is 324 g/mol. The monoisotopic (exact) mass is 338 g/mol. The third-order valence-electron chi connectivity index (χ3n) is 3.19. The zero-order valence-electron chi connectivity index (χ0n) is 13.0. The molecule has 0 unspecified atom stereocenters. The highest BCUT2D eigenvalue weighted by Crippen LogP contribution is 2.23. The van der Waals surface area contributed by atoms with Crippen LogP contribution in [0, 0.1) is 12.3 Å². The van der Waals surface area contributed by atoms with Gasteiger partial charge in [0.15, 0.2) is 4.80 Å². The molecule has 1 amide bonds. The number of carbonyl (C=O) groups excluding carboxylic acids is 1. The summed E-state index contributed by atoms with van der Waals surface area (Å²) in [6.07, 6.45) is 9.81. The van der Waals surface area contributed by atoms with Gasteiger partial charge < -0.3 is 9.30 Å². The summed E-state index contributed by atoms with van der Waals surface area (Å²) in [4.78, 5) is 24.8. The fraction of sp³-hybridized carbons (Fsp3) is 0.176. The van der Waals surface area contributed by atoms with E-state index in [1.807, 2.05) is 29.7 Å². The Kier molecular flexibility index (Phi) is 4.68. The molecule has 0 saturated heterocycles. The number of rotatable bonds is 4. The van der Waals surface area contributed by atoms with Crippen LogP contribution in [0.4, 0.5) is 0 Å². The normalized spacial score (nSPS) is 11.4. The molecule has 0 aliphatic rings. The average Bonchev–Trinajstić information content (AvgIpc) is 2.93. The average molecular weight is 338 g/mol. The largest absolute Gasteiger partial charge is 0.494 e. The maximum absolute atomic E-state index is 12.3. The van der Waals surface area contributed by atoms with Gasteiger partial charge in [-0.15, -0.1) is 6.42 Å². The van der Waals surface area contributed by atoms with Crippen molar-refractivity contribution in [2.45, 2.75) is 13.5 Å². The Morgan fingerprint density at radius 1 is 1.46 bits per heavy atom. The lowest BCUT2D eigenvalue weighted by atomic mass is 10.3. The standard InChI is InChI=1S/C17H14N4O2S/c1-3-9-21-14-6-5-12(23-4-2)10-15(14)24-17(21)20-16(22)13-11-18-7-8-19-13/h1,5-8,10-11H,4,9H2,2H3. The predicted molar refractivity (Wildman–Crippen MR) is 91.7 cm³/mol. The number of ether oxygens (including phenoxy) is 1. The smallest absolute Gasteiger partial charge is 0.299 e. The van der Waals surface area contributed by atoms with Gasteiger partial charge in [-0.2, -0.15) is 4.99 Å². The summed E-state index contributed by atoms with van der Waals surface area (Å²) in [6.45, 7) is 2.83. The van der Waals surface area contributed by atoms with Crippen molar-refractivity contribution in [1.29, 1.82) is 0 Å². The van der Waals surface area contributed by atoms with Crippen molar-refractivity contribution in [2.24, 2.45) is 4.99 Å². The molecule has 0 fully saturated rings. The van der Waals surface area contributed by atoms with Gasteiger partial charge in [-0.1, -0.05) is 17.3 Å². The van der Waals surface area contributed by atoms with Crippen LogP contribution in [0.5, 0.6) is 5.75 Å². The van der Waals surface area contributed by atoms with Gasteiger partial charge in [-0.25, -0.2) is 4.98 Å².